The Kier molecular flexibility index (Phi) is 8.39. The molecule has 0 aromatic heterocycles. The Morgan fingerprint density at radius 1 is 0.737 bits per heavy atom. The quantitative estimate of drug-likeness (QED) is 0.286. The Morgan fingerprint density at radius 2 is 1.39 bits per heavy atom. The zero-order valence-electron chi connectivity index (χ0n) is 22.3. The zero-order chi connectivity index (χ0) is 27.1. The van der Waals surface area contributed by atoms with Crippen LogP contribution in [0.4, 0.5) is 5.69 Å². The second kappa shape index (κ2) is 11.9. The molecule has 4 aromatic carbocycles. The molecular formula is C33H35N3O2. The minimum absolute atomic E-state index is 0.0139. The normalized spacial score (nSPS) is 11.2. The molecule has 38 heavy (non-hydrogen) atoms. The molecule has 0 aliphatic carbocycles. The first-order valence-electron chi connectivity index (χ1n) is 12.9. The molecule has 5 nitrogen and oxygen atoms in total. The van der Waals surface area contributed by atoms with E-state index in [0.29, 0.717) is 36.4 Å². The minimum Gasteiger partial charge on any atom is -0.330 e. The summed E-state index contributed by atoms with van der Waals surface area (Å²) in [6.07, 6.45) is 0. The molecule has 0 fully saturated rings. The van der Waals surface area contributed by atoms with Crippen LogP contribution in [-0.2, 0) is 25.0 Å². The smallest absolute Gasteiger partial charge is 0.255 e. The molecule has 0 aliphatic rings. The number of anilines is 1. The van der Waals surface area contributed by atoms with Gasteiger partial charge in [-0.3, -0.25) is 9.59 Å². The molecule has 0 bridgehead atoms. The summed E-state index contributed by atoms with van der Waals surface area (Å²) < 4.78 is 0. The van der Waals surface area contributed by atoms with Crippen LogP contribution in [0.15, 0.2) is 103 Å². The summed E-state index contributed by atoms with van der Waals surface area (Å²) in [7, 11) is 0. The Morgan fingerprint density at radius 3 is 2.08 bits per heavy atom. The molecule has 2 amide bonds. The molecular weight excluding hydrogens is 470 g/mol. The Bertz CT molecular complexity index is 1390. The van der Waals surface area contributed by atoms with Gasteiger partial charge in [-0.15, -0.1) is 0 Å². The van der Waals surface area contributed by atoms with Crippen molar-refractivity contribution in [2.75, 3.05) is 5.32 Å². The lowest BCUT2D eigenvalue weighted by atomic mass is 9.86. The van der Waals surface area contributed by atoms with Gasteiger partial charge in [-0.2, -0.15) is 0 Å². The van der Waals surface area contributed by atoms with Gasteiger partial charge in [-0.1, -0.05) is 93.6 Å². The van der Waals surface area contributed by atoms with E-state index in [1.54, 1.807) is 4.90 Å². The molecule has 3 N–H and O–H groups in total. The van der Waals surface area contributed by atoms with Crippen LogP contribution in [0, 0.1) is 0 Å². The summed E-state index contributed by atoms with van der Waals surface area (Å²) in [6.45, 7) is 7.62. The van der Waals surface area contributed by atoms with Crippen LogP contribution in [0.25, 0.3) is 0 Å². The lowest BCUT2D eigenvalue weighted by Crippen LogP contribution is -2.30. The highest BCUT2D eigenvalue weighted by Crippen LogP contribution is 2.24. The van der Waals surface area contributed by atoms with Crippen molar-refractivity contribution in [2.45, 2.75) is 45.8 Å². The molecule has 5 heteroatoms. The van der Waals surface area contributed by atoms with Gasteiger partial charge >= 0.3 is 0 Å². The summed E-state index contributed by atoms with van der Waals surface area (Å²) in [5.74, 6) is -0.267. The van der Waals surface area contributed by atoms with Gasteiger partial charge in [0.1, 0.15) is 0 Å². The van der Waals surface area contributed by atoms with Gasteiger partial charge in [0.2, 0.25) is 0 Å². The number of nitrogens with one attached hydrogen (secondary N) is 1. The Balaban J connectivity index is 1.59. The molecule has 194 valence electrons. The van der Waals surface area contributed by atoms with E-state index in [1.165, 1.54) is 5.56 Å². The molecule has 0 unspecified atom stereocenters. The highest BCUT2D eigenvalue weighted by atomic mass is 16.2. The number of benzene rings is 4. The number of rotatable bonds is 8. The van der Waals surface area contributed by atoms with Crippen LogP contribution in [0.3, 0.4) is 0 Å². The van der Waals surface area contributed by atoms with E-state index in [0.717, 1.165) is 16.7 Å². The summed E-state index contributed by atoms with van der Waals surface area (Å²) in [5.41, 5.74) is 11.8. The maximum atomic E-state index is 13.6. The Hall–Kier alpha value is -4.22. The van der Waals surface area contributed by atoms with E-state index in [2.05, 4.69) is 26.1 Å². The van der Waals surface area contributed by atoms with Gasteiger partial charge < -0.3 is 16.0 Å². The van der Waals surface area contributed by atoms with Crippen LogP contribution in [0.5, 0.6) is 0 Å². The average Bonchev–Trinajstić information content (AvgIpc) is 2.93. The van der Waals surface area contributed by atoms with Gasteiger partial charge in [0.15, 0.2) is 0 Å². The standard InChI is InChI=1S/C33H35N3O2/c1-33(2,3)29-18-16-26(17-19-29)31(37)35-30-15-8-7-14-28(30)23-36(32(38)27-12-5-4-6-13-27)22-25-11-9-10-24(20-25)21-34/h4-20H,21-23,34H2,1-3H3,(H,35,37). The fourth-order valence-electron chi connectivity index (χ4n) is 4.34. The highest BCUT2D eigenvalue weighted by Gasteiger charge is 2.19. The van der Waals surface area contributed by atoms with Crippen LogP contribution in [0.1, 0.15) is 63.7 Å². The summed E-state index contributed by atoms with van der Waals surface area (Å²) in [6, 6.07) is 32.5. The number of amides is 2. The maximum Gasteiger partial charge on any atom is 0.255 e. The molecule has 4 aromatic rings. The number of para-hydroxylation sites is 1. The highest BCUT2D eigenvalue weighted by molar-refractivity contribution is 6.04. The molecule has 0 aliphatic heterocycles. The summed E-state index contributed by atoms with van der Waals surface area (Å²) in [5, 5.41) is 3.06. The van der Waals surface area contributed by atoms with E-state index in [4.69, 9.17) is 5.73 Å². The maximum absolute atomic E-state index is 13.6. The van der Waals surface area contributed by atoms with Gasteiger partial charge in [0.25, 0.3) is 11.8 Å². The van der Waals surface area contributed by atoms with E-state index in [-0.39, 0.29) is 17.2 Å². The summed E-state index contributed by atoms with van der Waals surface area (Å²) >= 11 is 0. The second-order valence-corrected chi connectivity index (χ2v) is 10.5. The van der Waals surface area contributed by atoms with Gasteiger partial charge in [0.05, 0.1) is 0 Å². The number of nitrogens with zero attached hydrogens (tertiary/aromatic N) is 1. The van der Waals surface area contributed by atoms with E-state index >= 15 is 0 Å². The third-order valence-electron chi connectivity index (χ3n) is 6.55. The molecule has 0 atom stereocenters. The minimum atomic E-state index is -0.186. The van der Waals surface area contributed by atoms with Gasteiger partial charge in [0, 0.05) is 36.4 Å². The van der Waals surface area contributed by atoms with E-state index < -0.39 is 0 Å². The topological polar surface area (TPSA) is 75.4 Å². The first kappa shape index (κ1) is 26.8. The van der Waals surface area contributed by atoms with E-state index in [9.17, 15) is 9.59 Å². The van der Waals surface area contributed by atoms with Crippen molar-refractivity contribution in [2.24, 2.45) is 5.73 Å². The van der Waals surface area contributed by atoms with Crippen molar-refractivity contribution in [3.05, 3.63) is 137 Å². The molecule has 0 radical (unpaired) electrons. The predicted octanol–water partition coefficient (Wildman–Crippen LogP) is 6.54. The van der Waals surface area contributed by atoms with Crippen LogP contribution >= 0.6 is 0 Å². The Labute approximate surface area is 225 Å². The van der Waals surface area contributed by atoms with E-state index in [1.807, 2.05) is 103 Å². The number of hydrogen-bond donors (Lipinski definition) is 2. The zero-order valence-corrected chi connectivity index (χ0v) is 22.3. The summed E-state index contributed by atoms with van der Waals surface area (Å²) in [4.78, 5) is 28.5. The first-order chi connectivity index (χ1) is 18.2. The number of carbonyl (C=O) groups excluding carboxylic acids is 2. The molecule has 0 saturated heterocycles. The number of nitrogens with two attached hydrogens (primary N) is 1. The van der Waals surface area contributed by atoms with Crippen molar-refractivity contribution in [3.8, 4) is 0 Å². The third kappa shape index (κ3) is 6.75. The average molecular weight is 506 g/mol. The molecule has 0 spiro atoms. The monoisotopic (exact) mass is 505 g/mol. The second-order valence-electron chi connectivity index (χ2n) is 10.5. The van der Waals surface area contributed by atoms with Crippen LogP contribution in [0.2, 0.25) is 0 Å². The van der Waals surface area contributed by atoms with Gasteiger partial charge in [-0.05, 0) is 58.0 Å². The lowest BCUT2D eigenvalue weighted by molar-refractivity contribution is 0.0730. The van der Waals surface area contributed by atoms with Crippen molar-refractivity contribution in [3.63, 3.8) is 0 Å². The lowest BCUT2D eigenvalue weighted by Gasteiger charge is -2.25. The first-order valence-corrected chi connectivity index (χ1v) is 12.9. The molecule has 0 heterocycles. The third-order valence-corrected chi connectivity index (χ3v) is 6.55. The van der Waals surface area contributed by atoms with Crippen LogP contribution in [-0.4, -0.2) is 16.7 Å². The fraction of sp³-hybridized carbons (Fsp3) is 0.212. The van der Waals surface area contributed by atoms with Crippen molar-refractivity contribution in [1.82, 2.24) is 4.90 Å². The van der Waals surface area contributed by atoms with Crippen LogP contribution < -0.4 is 11.1 Å². The molecule has 0 saturated carbocycles. The van der Waals surface area contributed by atoms with Crippen molar-refractivity contribution in [1.29, 1.82) is 0 Å². The SMILES string of the molecule is CC(C)(C)c1ccc(C(=O)Nc2ccccc2CN(Cc2cccc(CN)c2)C(=O)c2ccccc2)cc1. The predicted molar refractivity (Wildman–Crippen MR) is 154 cm³/mol. The fourth-order valence-corrected chi connectivity index (χ4v) is 4.34. The number of hydrogen-bond acceptors (Lipinski definition) is 3. The van der Waals surface area contributed by atoms with Crippen molar-refractivity contribution >= 4 is 17.5 Å². The van der Waals surface area contributed by atoms with Gasteiger partial charge in [-0.25, -0.2) is 0 Å². The van der Waals surface area contributed by atoms with Crippen molar-refractivity contribution < 1.29 is 9.59 Å². The molecule has 4 rings (SSSR count). The number of carbonyl (C=O) groups is 2. The largest absolute Gasteiger partial charge is 0.330 e.